The van der Waals surface area contributed by atoms with Crippen LogP contribution in [0.1, 0.15) is 13.8 Å². The van der Waals surface area contributed by atoms with Crippen molar-refractivity contribution >= 4 is 0 Å². The van der Waals surface area contributed by atoms with Crippen molar-refractivity contribution in [2.45, 2.75) is 13.8 Å². The van der Waals surface area contributed by atoms with Crippen molar-refractivity contribution in [1.82, 2.24) is 0 Å². The first-order valence-corrected chi connectivity index (χ1v) is 3.78. The highest BCUT2D eigenvalue weighted by Crippen LogP contribution is 2.35. The predicted molar refractivity (Wildman–Crippen MR) is 40.0 cm³/mol. The van der Waals surface area contributed by atoms with E-state index in [9.17, 15) is 0 Å². The van der Waals surface area contributed by atoms with Crippen LogP contribution in [0.2, 0.25) is 0 Å². The van der Waals surface area contributed by atoms with Gasteiger partial charge >= 0.3 is 0 Å². The molecule has 0 N–H and O–H groups in total. The van der Waals surface area contributed by atoms with E-state index in [-0.39, 0.29) is 0 Å². The lowest BCUT2D eigenvalue weighted by molar-refractivity contribution is -0.166. The molecule has 0 aromatic carbocycles. The molecule has 0 aliphatic carbocycles. The minimum Gasteiger partial charge on any atom is -0.384 e. The molecule has 1 fully saturated rings. The van der Waals surface area contributed by atoms with Crippen LogP contribution in [-0.2, 0) is 9.47 Å². The van der Waals surface area contributed by atoms with Crippen LogP contribution in [0.3, 0.4) is 0 Å². The van der Waals surface area contributed by atoms with E-state index in [1.54, 1.807) is 7.11 Å². The highest BCUT2D eigenvalue weighted by atomic mass is 16.5. The van der Waals surface area contributed by atoms with Crippen molar-refractivity contribution in [3.05, 3.63) is 0 Å². The van der Waals surface area contributed by atoms with E-state index in [2.05, 4.69) is 13.8 Å². The number of hydrogen-bond donors (Lipinski definition) is 0. The molecule has 0 aromatic rings. The Hall–Kier alpha value is -0.0800. The van der Waals surface area contributed by atoms with Crippen LogP contribution >= 0.6 is 0 Å². The van der Waals surface area contributed by atoms with Gasteiger partial charge in [0.25, 0.3) is 0 Å². The van der Waals surface area contributed by atoms with Crippen molar-refractivity contribution in [3.8, 4) is 0 Å². The van der Waals surface area contributed by atoms with Crippen LogP contribution in [0.4, 0.5) is 0 Å². The topological polar surface area (TPSA) is 18.5 Å². The third-order valence-corrected chi connectivity index (χ3v) is 2.44. The molecule has 0 saturated carbocycles. The monoisotopic (exact) mass is 144 g/mol. The Bertz CT molecular complexity index is 106. The maximum Gasteiger partial charge on any atom is 0.0569 e. The van der Waals surface area contributed by atoms with Crippen LogP contribution in [0, 0.1) is 11.3 Å². The largest absolute Gasteiger partial charge is 0.384 e. The second-order valence-electron chi connectivity index (χ2n) is 3.44. The number of rotatable bonds is 3. The Labute approximate surface area is 62.5 Å². The molecule has 1 aliphatic heterocycles. The molecule has 2 heteroatoms. The van der Waals surface area contributed by atoms with E-state index in [1.807, 2.05) is 0 Å². The van der Waals surface area contributed by atoms with Crippen LogP contribution < -0.4 is 0 Å². The molecule has 0 amide bonds. The molecule has 0 unspecified atom stereocenters. The van der Waals surface area contributed by atoms with Crippen molar-refractivity contribution in [1.29, 1.82) is 0 Å². The van der Waals surface area contributed by atoms with Gasteiger partial charge in [-0.15, -0.1) is 0 Å². The molecule has 60 valence electrons. The van der Waals surface area contributed by atoms with Gasteiger partial charge in [-0.1, -0.05) is 13.8 Å². The Morgan fingerprint density at radius 3 is 2.20 bits per heavy atom. The summed E-state index contributed by atoms with van der Waals surface area (Å²) in [7, 11) is 1.75. The average molecular weight is 144 g/mol. The number of methoxy groups -OCH3 is 1. The summed E-state index contributed by atoms with van der Waals surface area (Å²) in [5.74, 6) is 0.668. The summed E-state index contributed by atoms with van der Waals surface area (Å²) >= 11 is 0. The number of ether oxygens (including phenoxy) is 2. The fourth-order valence-electron chi connectivity index (χ4n) is 1.24. The van der Waals surface area contributed by atoms with Crippen molar-refractivity contribution in [2.75, 3.05) is 26.9 Å². The number of hydrogen-bond acceptors (Lipinski definition) is 2. The maximum atomic E-state index is 5.17. The Morgan fingerprint density at radius 2 is 2.10 bits per heavy atom. The zero-order chi connectivity index (χ0) is 7.61. The third-order valence-electron chi connectivity index (χ3n) is 2.44. The van der Waals surface area contributed by atoms with E-state index in [1.165, 1.54) is 0 Å². The fourth-order valence-corrected chi connectivity index (χ4v) is 1.24. The normalized spacial score (nSPS) is 22.8. The van der Waals surface area contributed by atoms with E-state index in [0.29, 0.717) is 11.3 Å². The molecule has 1 aliphatic rings. The smallest absolute Gasteiger partial charge is 0.0569 e. The second-order valence-corrected chi connectivity index (χ2v) is 3.44. The van der Waals surface area contributed by atoms with E-state index in [0.717, 1.165) is 19.8 Å². The quantitative estimate of drug-likeness (QED) is 0.594. The Morgan fingerprint density at radius 1 is 1.50 bits per heavy atom. The highest BCUT2D eigenvalue weighted by molar-refractivity contribution is 4.87. The van der Waals surface area contributed by atoms with Crippen LogP contribution in [-0.4, -0.2) is 26.9 Å². The zero-order valence-electron chi connectivity index (χ0n) is 7.02. The van der Waals surface area contributed by atoms with Crippen LogP contribution in [0.15, 0.2) is 0 Å². The molecule has 0 spiro atoms. The van der Waals surface area contributed by atoms with Gasteiger partial charge in [0, 0.05) is 12.5 Å². The van der Waals surface area contributed by atoms with Crippen molar-refractivity contribution < 1.29 is 9.47 Å². The lowest BCUT2D eigenvalue weighted by Gasteiger charge is -2.44. The van der Waals surface area contributed by atoms with Gasteiger partial charge in [0.2, 0.25) is 0 Å². The van der Waals surface area contributed by atoms with E-state index < -0.39 is 0 Å². The molecule has 0 atom stereocenters. The van der Waals surface area contributed by atoms with E-state index in [4.69, 9.17) is 9.47 Å². The SMILES string of the molecule is COCC1(C(C)C)COC1. The summed E-state index contributed by atoms with van der Waals surface area (Å²) < 4.78 is 10.3. The first-order chi connectivity index (χ1) is 4.71. The van der Waals surface area contributed by atoms with Gasteiger partial charge in [0.15, 0.2) is 0 Å². The van der Waals surface area contributed by atoms with Gasteiger partial charge in [0.1, 0.15) is 0 Å². The molecular weight excluding hydrogens is 128 g/mol. The molecule has 0 aromatic heterocycles. The lowest BCUT2D eigenvalue weighted by Crippen LogP contribution is -2.49. The van der Waals surface area contributed by atoms with Gasteiger partial charge < -0.3 is 9.47 Å². The first-order valence-electron chi connectivity index (χ1n) is 3.78. The summed E-state index contributed by atoms with van der Waals surface area (Å²) in [5, 5.41) is 0. The average Bonchev–Trinajstić information content (AvgIpc) is 1.77. The Balaban J connectivity index is 2.42. The molecule has 0 bridgehead atoms. The van der Waals surface area contributed by atoms with Crippen LogP contribution in [0.25, 0.3) is 0 Å². The molecule has 1 saturated heterocycles. The second kappa shape index (κ2) is 2.89. The first kappa shape index (κ1) is 8.02. The Kier molecular flexibility index (Phi) is 2.32. The maximum absolute atomic E-state index is 5.17. The zero-order valence-corrected chi connectivity index (χ0v) is 7.02. The summed E-state index contributed by atoms with van der Waals surface area (Å²) in [5.41, 5.74) is 0.328. The van der Waals surface area contributed by atoms with Gasteiger partial charge in [-0.3, -0.25) is 0 Å². The highest BCUT2D eigenvalue weighted by Gasteiger charge is 2.41. The predicted octanol–water partition coefficient (Wildman–Crippen LogP) is 1.31. The molecule has 1 heterocycles. The van der Waals surface area contributed by atoms with Crippen molar-refractivity contribution in [2.24, 2.45) is 11.3 Å². The van der Waals surface area contributed by atoms with Gasteiger partial charge in [0.05, 0.1) is 19.8 Å². The molecular formula is C8H16O2. The summed E-state index contributed by atoms with van der Waals surface area (Å²) in [6.07, 6.45) is 0. The lowest BCUT2D eigenvalue weighted by atomic mass is 9.76. The standard InChI is InChI=1S/C8H16O2/c1-7(2)8(4-9-3)5-10-6-8/h7H,4-6H2,1-3H3. The molecule has 10 heavy (non-hydrogen) atoms. The van der Waals surface area contributed by atoms with Crippen LogP contribution in [0.5, 0.6) is 0 Å². The molecule has 1 rings (SSSR count). The summed E-state index contributed by atoms with van der Waals surface area (Å²) in [6, 6.07) is 0. The summed E-state index contributed by atoms with van der Waals surface area (Å²) in [6.45, 7) is 7.03. The molecule has 2 nitrogen and oxygen atoms in total. The van der Waals surface area contributed by atoms with E-state index >= 15 is 0 Å². The minimum absolute atomic E-state index is 0.328. The van der Waals surface area contributed by atoms with Gasteiger partial charge in [-0.25, -0.2) is 0 Å². The van der Waals surface area contributed by atoms with Gasteiger partial charge in [-0.2, -0.15) is 0 Å². The van der Waals surface area contributed by atoms with Crippen molar-refractivity contribution in [3.63, 3.8) is 0 Å². The third kappa shape index (κ3) is 1.18. The minimum atomic E-state index is 0.328. The molecule has 0 radical (unpaired) electrons. The fraction of sp³-hybridized carbons (Fsp3) is 1.00. The summed E-state index contributed by atoms with van der Waals surface area (Å²) in [4.78, 5) is 0. The van der Waals surface area contributed by atoms with Gasteiger partial charge in [-0.05, 0) is 5.92 Å².